The van der Waals surface area contributed by atoms with Crippen LogP contribution in [0.3, 0.4) is 0 Å². The van der Waals surface area contributed by atoms with Crippen LogP contribution >= 0.6 is 0 Å². The number of carbonyl (C=O) groups excluding carboxylic acids is 1. The van der Waals surface area contributed by atoms with Crippen LogP contribution in [-0.4, -0.2) is 29.7 Å². The van der Waals surface area contributed by atoms with Crippen LogP contribution in [0.1, 0.15) is 13.3 Å². The van der Waals surface area contributed by atoms with Crippen molar-refractivity contribution in [3.05, 3.63) is 30.3 Å². The van der Waals surface area contributed by atoms with E-state index < -0.39 is 18.0 Å². The largest absolute Gasteiger partial charge is 0.481 e. The lowest BCUT2D eigenvalue weighted by Crippen LogP contribution is -2.32. The molecule has 0 heterocycles. The summed E-state index contributed by atoms with van der Waals surface area (Å²) in [7, 11) is 0. The van der Waals surface area contributed by atoms with Crippen molar-refractivity contribution in [3.8, 4) is 0 Å². The van der Waals surface area contributed by atoms with Crippen molar-refractivity contribution in [2.24, 2.45) is 0 Å². The number of carboxylic acid groups (broad SMARTS) is 1. The summed E-state index contributed by atoms with van der Waals surface area (Å²) in [5.41, 5.74) is 0.618. The molecule has 1 atom stereocenters. The van der Waals surface area contributed by atoms with Crippen LogP contribution in [0.15, 0.2) is 30.3 Å². The second-order valence-corrected chi connectivity index (χ2v) is 3.40. The van der Waals surface area contributed by atoms with Crippen molar-refractivity contribution < 1.29 is 19.4 Å². The van der Waals surface area contributed by atoms with Crippen molar-refractivity contribution in [2.75, 3.05) is 11.9 Å². The molecular formula is C12H15NO4. The first-order valence-electron chi connectivity index (χ1n) is 5.32. The van der Waals surface area contributed by atoms with Gasteiger partial charge in [0.05, 0.1) is 6.42 Å². The van der Waals surface area contributed by atoms with E-state index in [1.165, 1.54) is 0 Å². The van der Waals surface area contributed by atoms with Crippen LogP contribution in [0, 0.1) is 0 Å². The van der Waals surface area contributed by atoms with Gasteiger partial charge >= 0.3 is 5.97 Å². The summed E-state index contributed by atoms with van der Waals surface area (Å²) >= 11 is 0. The van der Waals surface area contributed by atoms with Crippen molar-refractivity contribution in [1.29, 1.82) is 0 Å². The minimum Gasteiger partial charge on any atom is -0.481 e. The molecule has 0 aliphatic carbocycles. The van der Waals surface area contributed by atoms with Gasteiger partial charge in [-0.05, 0) is 19.1 Å². The van der Waals surface area contributed by atoms with E-state index in [9.17, 15) is 9.59 Å². The number of anilines is 1. The van der Waals surface area contributed by atoms with Crippen molar-refractivity contribution in [1.82, 2.24) is 0 Å². The molecule has 5 nitrogen and oxygen atoms in total. The van der Waals surface area contributed by atoms with Crippen LogP contribution in [-0.2, 0) is 14.3 Å². The molecule has 0 saturated carbocycles. The average molecular weight is 237 g/mol. The van der Waals surface area contributed by atoms with Gasteiger partial charge in [-0.1, -0.05) is 18.2 Å². The number of aliphatic carboxylic acids is 1. The van der Waals surface area contributed by atoms with Gasteiger partial charge in [-0.15, -0.1) is 0 Å². The first-order valence-corrected chi connectivity index (χ1v) is 5.32. The fourth-order valence-corrected chi connectivity index (χ4v) is 1.33. The highest BCUT2D eigenvalue weighted by Gasteiger charge is 2.21. The van der Waals surface area contributed by atoms with Gasteiger partial charge in [-0.3, -0.25) is 9.59 Å². The third kappa shape index (κ3) is 4.65. The first kappa shape index (κ1) is 13.2. The zero-order valence-electron chi connectivity index (χ0n) is 9.55. The van der Waals surface area contributed by atoms with Crippen LogP contribution in [0.4, 0.5) is 5.69 Å². The van der Waals surface area contributed by atoms with Gasteiger partial charge in [-0.25, -0.2) is 0 Å². The van der Waals surface area contributed by atoms with Crippen molar-refractivity contribution in [3.63, 3.8) is 0 Å². The van der Waals surface area contributed by atoms with Gasteiger partial charge in [0.2, 0.25) is 0 Å². The average Bonchev–Trinajstić information content (AvgIpc) is 2.29. The zero-order valence-corrected chi connectivity index (χ0v) is 9.55. The van der Waals surface area contributed by atoms with E-state index in [4.69, 9.17) is 9.84 Å². The number of amides is 1. The summed E-state index contributed by atoms with van der Waals surface area (Å²) in [6.07, 6.45) is -1.30. The van der Waals surface area contributed by atoms with Crippen LogP contribution in [0.5, 0.6) is 0 Å². The second kappa shape index (κ2) is 6.65. The fraction of sp³-hybridized carbons (Fsp3) is 0.333. The summed E-state index contributed by atoms with van der Waals surface area (Å²) in [4.78, 5) is 22.3. The molecule has 0 spiro atoms. The molecule has 0 aromatic heterocycles. The predicted molar refractivity (Wildman–Crippen MR) is 62.7 cm³/mol. The van der Waals surface area contributed by atoms with Gasteiger partial charge in [0.25, 0.3) is 5.91 Å². The number of carboxylic acids is 1. The molecule has 2 N–H and O–H groups in total. The fourth-order valence-electron chi connectivity index (χ4n) is 1.33. The molecule has 1 aromatic carbocycles. The molecule has 1 unspecified atom stereocenters. The van der Waals surface area contributed by atoms with E-state index in [1.54, 1.807) is 31.2 Å². The Labute approximate surface area is 99.4 Å². The maximum absolute atomic E-state index is 11.7. The Morgan fingerprint density at radius 3 is 2.53 bits per heavy atom. The molecule has 1 amide bonds. The van der Waals surface area contributed by atoms with Gasteiger partial charge < -0.3 is 15.2 Å². The number of ether oxygens (including phenoxy) is 1. The lowest BCUT2D eigenvalue weighted by atomic mass is 10.2. The first-order chi connectivity index (χ1) is 8.13. The Morgan fingerprint density at radius 2 is 2.00 bits per heavy atom. The second-order valence-electron chi connectivity index (χ2n) is 3.40. The Morgan fingerprint density at radius 1 is 1.35 bits per heavy atom. The molecule has 0 aliphatic heterocycles. The Bertz CT molecular complexity index is 377. The summed E-state index contributed by atoms with van der Waals surface area (Å²) in [6.45, 7) is 2.00. The molecule has 0 bridgehead atoms. The number of hydrogen-bond donors (Lipinski definition) is 2. The molecule has 0 radical (unpaired) electrons. The molecule has 0 saturated heterocycles. The third-order valence-electron chi connectivity index (χ3n) is 2.06. The van der Waals surface area contributed by atoms with Gasteiger partial charge in [0.15, 0.2) is 0 Å². The maximum atomic E-state index is 11.7. The lowest BCUT2D eigenvalue weighted by Gasteiger charge is -2.14. The lowest BCUT2D eigenvalue weighted by molar-refractivity contribution is -0.144. The normalized spacial score (nSPS) is 11.8. The maximum Gasteiger partial charge on any atom is 0.306 e. The molecule has 1 aromatic rings. The smallest absolute Gasteiger partial charge is 0.306 e. The number of benzene rings is 1. The standard InChI is InChI=1S/C12H15NO4/c1-2-17-10(8-11(14)15)12(16)13-9-6-4-3-5-7-9/h3-7,10H,2,8H2,1H3,(H,13,16)(H,14,15). The Kier molecular flexibility index (Phi) is 5.16. The van der Waals surface area contributed by atoms with Crippen LogP contribution in [0.25, 0.3) is 0 Å². The van der Waals surface area contributed by atoms with Crippen molar-refractivity contribution in [2.45, 2.75) is 19.4 Å². The highest BCUT2D eigenvalue weighted by atomic mass is 16.5. The van der Waals surface area contributed by atoms with Gasteiger partial charge in [0, 0.05) is 12.3 Å². The number of carbonyl (C=O) groups is 2. The molecule has 5 heteroatoms. The monoisotopic (exact) mass is 237 g/mol. The highest BCUT2D eigenvalue weighted by Crippen LogP contribution is 2.08. The molecule has 1 rings (SSSR count). The minimum atomic E-state index is -1.06. The van der Waals surface area contributed by atoms with Gasteiger partial charge in [-0.2, -0.15) is 0 Å². The molecule has 92 valence electrons. The Balaban J connectivity index is 2.62. The van der Waals surface area contributed by atoms with Crippen molar-refractivity contribution >= 4 is 17.6 Å². The summed E-state index contributed by atoms with van der Waals surface area (Å²) in [5.74, 6) is -1.51. The van der Waals surface area contributed by atoms with Crippen LogP contribution < -0.4 is 5.32 Å². The molecule has 0 aliphatic rings. The van der Waals surface area contributed by atoms with Crippen LogP contribution in [0.2, 0.25) is 0 Å². The third-order valence-corrected chi connectivity index (χ3v) is 2.06. The number of para-hydroxylation sites is 1. The Hall–Kier alpha value is -1.88. The zero-order chi connectivity index (χ0) is 12.7. The molecular weight excluding hydrogens is 222 g/mol. The van der Waals surface area contributed by atoms with E-state index in [0.717, 1.165) is 0 Å². The molecule has 17 heavy (non-hydrogen) atoms. The quantitative estimate of drug-likeness (QED) is 0.786. The summed E-state index contributed by atoms with van der Waals surface area (Å²) < 4.78 is 5.09. The number of rotatable bonds is 6. The van der Waals surface area contributed by atoms with E-state index in [2.05, 4.69) is 5.32 Å². The highest BCUT2D eigenvalue weighted by molar-refractivity contribution is 5.96. The SMILES string of the molecule is CCOC(CC(=O)O)C(=O)Nc1ccccc1. The van der Waals surface area contributed by atoms with E-state index in [1.807, 2.05) is 6.07 Å². The molecule has 0 fully saturated rings. The van der Waals surface area contributed by atoms with E-state index >= 15 is 0 Å². The minimum absolute atomic E-state index is 0.292. The summed E-state index contributed by atoms with van der Waals surface area (Å²) in [5, 5.41) is 11.3. The summed E-state index contributed by atoms with van der Waals surface area (Å²) in [6, 6.07) is 8.83. The topological polar surface area (TPSA) is 75.6 Å². The van der Waals surface area contributed by atoms with E-state index in [-0.39, 0.29) is 6.42 Å². The predicted octanol–water partition coefficient (Wildman–Crippen LogP) is 1.50. The number of hydrogen-bond acceptors (Lipinski definition) is 3. The van der Waals surface area contributed by atoms with Gasteiger partial charge in [0.1, 0.15) is 6.10 Å². The number of nitrogens with one attached hydrogen (secondary N) is 1. The van der Waals surface area contributed by atoms with E-state index in [0.29, 0.717) is 12.3 Å².